The Hall–Kier alpha value is -1.54. The molecular weight excluding hydrogens is 394 g/mol. The van der Waals surface area contributed by atoms with Gasteiger partial charge in [-0.25, -0.2) is 4.79 Å². The van der Waals surface area contributed by atoms with Gasteiger partial charge in [0.25, 0.3) is 0 Å². The van der Waals surface area contributed by atoms with E-state index in [1.54, 1.807) is 0 Å². The Morgan fingerprint density at radius 2 is 1.90 bits per heavy atom. The van der Waals surface area contributed by atoms with E-state index in [9.17, 15) is 4.79 Å². The highest BCUT2D eigenvalue weighted by Gasteiger charge is 2.27. The normalized spacial score (nSPS) is 22.4. The van der Waals surface area contributed by atoms with Gasteiger partial charge in [-0.15, -0.1) is 0 Å². The van der Waals surface area contributed by atoms with Crippen LogP contribution in [0.1, 0.15) is 53.9 Å². The molecule has 2 aliphatic rings. The topological polar surface area (TPSA) is 78.4 Å². The van der Waals surface area contributed by atoms with E-state index < -0.39 is 5.60 Å². The van der Waals surface area contributed by atoms with Crippen molar-refractivity contribution >= 4 is 12.1 Å². The molecule has 0 spiro atoms. The summed E-state index contributed by atoms with van der Waals surface area (Å²) in [5.74, 6) is 1.90. The molecule has 0 aromatic carbocycles. The van der Waals surface area contributed by atoms with Gasteiger partial charge in [-0.2, -0.15) is 0 Å². The summed E-state index contributed by atoms with van der Waals surface area (Å²) in [5, 5.41) is 6.97. The highest BCUT2D eigenvalue weighted by molar-refractivity contribution is 5.79. The Labute approximate surface area is 189 Å². The number of carbonyl (C=O) groups is 1. The van der Waals surface area contributed by atoms with Crippen molar-refractivity contribution in [2.24, 2.45) is 16.8 Å². The summed E-state index contributed by atoms with van der Waals surface area (Å²) < 4.78 is 11.0. The van der Waals surface area contributed by atoms with Crippen LogP contribution in [-0.2, 0) is 9.47 Å². The zero-order valence-electron chi connectivity index (χ0n) is 20.6. The van der Waals surface area contributed by atoms with Gasteiger partial charge < -0.3 is 25.0 Å². The molecule has 8 heteroatoms. The Balaban J connectivity index is 1.73. The number of piperidine rings is 1. The number of carbonyl (C=O) groups excluding carboxylic acids is 1. The maximum absolute atomic E-state index is 12.4. The van der Waals surface area contributed by atoms with Crippen molar-refractivity contribution in [3.05, 3.63) is 0 Å². The number of aliphatic imine (C=N–C) groups is 1. The summed E-state index contributed by atoms with van der Waals surface area (Å²) >= 11 is 0. The molecule has 2 saturated heterocycles. The van der Waals surface area contributed by atoms with Crippen LogP contribution in [0.15, 0.2) is 4.99 Å². The number of guanidine groups is 1. The Morgan fingerprint density at radius 3 is 2.52 bits per heavy atom. The largest absolute Gasteiger partial charge is 0.444 e. The van der Waals surface area contributed by atoms with Gasteiger partial charge in [0, 0.05) is 52.4 Å². The molecule has 0 bridgehead atoms. The maximum Gasteiger partial charge on any atom is 0.410 e. The fraction of sp³-hybridized carbons (Fsp3) is 0.913. The summed E-state index contributed by atoms with van der Waals surface area (Å²) in [6.45, 7) is 17.2. The smallest absolute Gasteiger partial charge is 0.410 e. The first kappa shape index (κ1) is 25.7. The van der Waals surface area contributed by atoms with Gasteiger partial charge in [0.2, 0.25) is 0 Å². The lowest BCUT2D eigenvalue weighted by Crippen LogP contribution is -2.52. The SMILES string of the molecule is CN=C(NCCC1CCCN(C(=O)OC(C)(C)C)C1)NCC(C(C)C)N1CCOCC1. The first-order valence-corrected chi connectivity index (χ1v) is 11.9. The minimum Gasteiger partial charge on any atom is -0.444 e. The molecule has 2 fully saturated rings. The molecule has 0 saturated carbocycles. The monoisotopic (exact) mass is 439 g/mol. The van der Waals surface area contributed by atoms with Gasteiger partial charge in [0.05, 0.1) is 13.2 Å². The minimum absolute atomic E-state index is 0.189. The van der Waals surface area contributed by atoms with Crippen molar-refractivity contribution < 1.29 is 14.3 Å². The number of nitrogens with one attached hydrogen (secondary N) is 2. The summed E-state index contributed by atoms with van der Waals surface area (Å²) in [5.41, 5.74) is -0.446. The van der Waals surface area contributed by atoms with Crippen LogP contribution in [0, 0.1) is 11.8 Å². The quantitative estimate of drug-likeness (QED) is 0.469. The van der Waals surface area contributed by atoms with Crippen molar-refractivity contribution in [1.29, 1.82) is 0 Å². The van der Waals surface area contributed by atoms with E-state index in [-0.39, 0.29) is 6.09 Å². The highest BCUT2D eigenvalue weighted by atomic mass is 16.6. The molecule has 2 rings (SSSR count). The zero-order valence-corrected chi connectivity index (χ0v) is 20.6. The molecule has 2 heterocycles. The third-order valence-corrected chi connectivity index (χ3v) is 6.00. The first-order chi connectivity index (χ1) is 14.7. The lowest BCUT2D eigenvalue weighted by molar-refractivity contribution is 0.00750. The number of ether oxygens (including phenoxy) is 2. The number of hydrogen-bond donors (Lipinski definition) is 2. The van der Waals surface area contributed by atoms with E-state index in [1.165, 1.54) is 0 Å². The molecular formula is C23H45N5O3. The van der Waals surface area contributed by atoms with Crippen molar-refractivity contribution in [3.8, 4) is 0 Å². The van der Waals surface area contributed by atoms with E-state index in [2.05, 4.69) is 34.4 Å². The number of likely N-dealkylation sites (tertiary alicyclic amines) is 1. The Kier molecular flexibility index (Phi) is 10.4. The van der Waals surface area contributed by atoms with Gasteiger partial charge >= 0.3 is 6.09 Å². The first-order valence-electron chi connectivity index (χ1n) is 11.9. The maximum atomic E-state index is 12.4. The van der Waals surface area contributed by atoms with E-state index in [0.717, 1.165) is 77.7 Å². The van der Waals surface area contributed by atoms with Gasteiger partial charge in [-0.05, 0) is 51.9 Å². The van der Waals surface area contributed by atoms with Crippen LogP contribution < -0.4 is 10.6 Å². The van der Waals surface area contributed by atoms with Crippen LogP contribution in [0.3, 0.4) is 0 Å². The Bertz CT molecular complexity index is 570. The van der Waals surface area contributed by atoms with Gasteiger partial charge in [-0.3, -0.25) is 9.89 Å². The van der Waals surface area contributed by atoms with Crippen LogP contribution in [-0.4, -0.2) is 93.0 Å². The van der Waals surface area contributed by atoms with E-state index >= 15 is 0 Å². The van der Waals surface area contributed by atoms with Crippen molar-refractivity contribution in [2.75, 3.05) is 59.5 Å². The second-order valence-electron chi connectivity index (χ2n) is 10.1. The van der Waals surface area contributed by atoms with Crippen molar-refractivity contribution in [3.63, 3.8) is 0 Å². The number of morpholine rings is 1. The van der Waals surface area contributed by atoms with Crippen LogP contribution in [0.25, 0.3) is 0 Å². The summed E-state index contributed by atoms with van der Waals surface area (Å²) in [6, 6.07) is 0.461. The summed E-state index contributed by atoms with van der Waals surface area (Å²) in [7, 11) is 1.82. The van der Waals surface area contributed by atoms with Gasteiger partial charge in [0.15, 0.2) is 5.96 Å². The van der Waals surface area contributed by atoms with Gasteiger partial charge in [-0.1, -0.05) is 13.8 Å². The molecule has 8 nitrogen and oxygen atoms in total. The lowest BCUT2D eigenvalue weighted by atomic mass is 9.95. The fourth-order valence-corrected chi connectivity index (χ4v) is 4.31. The summed E-state index contributed by atoms with van der Waals surface area (Å²) in [4.78, 5) is 21.1. The fourth-order valence-electron chi connectivity index (χ4n) is 4.31. The summed E-state index contributed by atoms with van der Waals surface area (Å²) in [6.07, 6.45) is 3.01. The van der Waals surface area contributed by atoms with E-state index in [1.807, 2.05) is 32.7 Å². The van der Waals surface area contributed by atoms with Gasteiger partial charge in [0.1, 0.15) is 5.60 Å². The number of rotatable bonds is 7. The number of hydrogen-bond acceptors (Lipinski definition) is 5. The zero-order chi connectivity index (χ0) is 22.9. The molecule has 2 aliphatic heterocycles. The molecule has 2 atom stereocenters. The second-order valence-corrected chi connectivity index (χ2v) is 10.1. The van der Waals surface area contributed by atoms with E-state index in [0.29, 0.717) is 17.9 Å². The van der Waals surface area contributed by atoms with Crippen LogP contribution in [0.4, 0.5) is 4.79 Å². The van der Waals surface area contributed by atoms with Crippen molar-refractivity contribution in [2.45, 2.75) is 65.5 Å². The van der Waals surface area contributed by atoms with Crippen molar-refractivity contribution in [1.82, 2.24) is 20.4 Å². The minimum atomic E-state index is -0.446. The molecule has 0 aliphatic carbocycles. The predicted octanol–water partition coefficient (Wildman–Crippen LogP) is 2.55. The average molecular weight is 440 g/mol. The molecule has 1 amide bonds. The molecule has 0 aromatic heterocycles. The molecule has 0 aromatic rings. The third-order valence-electron chi connectivity index (χ3n) is 6.00. The number of amides is 1. The van der Waals surface area contributed by atoms with Crippen LogP contribution in [0.5, 0.6) is 0 Å². The molecule has 0 radical (unpaired) electrons. The second kappa shape index (κ2) is 12.5. The standard InChI is InChI=1S/C23H45N5O3/c1-18(2)20(27-12-14-30-15-13-27)16-26-21(24-6)25-10-9-19-8-7-11-28(17-19)22(29)31-23(3,4)5/h18-20H,7-17H2,1-6H3,(H2,24,25,26). The highest BCUT2D eigenvalue weighted by Crippen LogP contribution is 2.21. The third kappa shape index (κ3) is 9.23. The Morgan fingerprint density at radius 1 is 1.19 bits per heavy atom. The average Bonchev–Trinajstić information content (AvgIpc) is 2.72. The van der Waals surface area contributed by atoms with Crippen LogP contribution in [0.2, 0.25) is 0 Å². The number of nitrogens with zero attached hydrogens (tertiary/aromatic N) is 3. The molecule has 2 unspecified atom stereocenters. The van der Waals surface area contributed by atoms with Crippen LogP contribution >= 0.6 is 0 Å². The lowest BCUT2D eigenvalue weighted by Gasteiger charge is -2.37. The molecule has 31 heavy (non-hydrogen) atoms. The molecule has 180 valence electrons. The predicted molar refractivity (Wildman–Crippen MR) is 126 cm³/mol. The molecule has 2 N–H and O–H groups in total. The van der Waals surface area contributed by atoms with E-state index in [4.69, 9.17) is 9.47 Å².